The van der Waals surface area contributed by atoms with Crippen LogP contribution < -0.4 is 10.6 Å². The van der Waals surface area contributed by atoms with E-state index in [1.54, 1.807) is 14.1 Å². The fourth-order valence-electron chi connectivity index (χ4n) is 1.59. The van der Waals surface area contributed by atoms with Crippen molar-refractivity contribution in [2.45, 2.75) is 6.04 Å². The van der Waals surface area contributed by atoms with Crippen LogP contribution in [0.2, 0.25) is 0 Å². The lowest BCUT2D eigenvalue weighted by Gasteiger charge is -2.22. The zero-order chi connectivity index (χ0) is 12.8. The summed E-state index contributed by atoms with van der Waals surface area (Å²) in [4.78, 5) is 24.1. The first-order valence-electron chi connectivity index (χ1n) is 5.53. The van der Waals surface area contributed by atoms with Gasteiger partial charge >= 0.3 is 12.0 Å². The Balaban J connectivity index is 2.42. The van der Waals surface area contributed by atoms with E-state index in [1.807, 2.05) is 0 Å². The normalized spacial score (nSPS) is 23.4. The highest BCUT2D eigenvalue weighted by Crippen LogP contribution is 2.13. The molecule has 7 heteroatoms. The van der Waals surface area contributed by atoms with Gasteiger partial charge < -0.3 is 25.4 Å². The number of amides is 2. The van der Waals surface area contributed by atoms with Gasteiger partial charge in [-0.2, -0.15) is 0 Å². The first-order chi connectivity index (χ1) is 8.06. The van der Waals surface area contributed by atoms with Gasteiger partial charge in [0.2, 0.25) is 0 Å². The van der Waals surface area contributed by atoms with Crippen LogP contribution in [0.4, 0.5) is 4.79 Å². The predicted molar refractivity (Wildman–Crippen MR) is 60.8 cm³/mol. The minimum absolute atomic E-state index is 0.153. The topological polar surface area (TPSA) is 90.9 Å². The molecule has 1 aliphatic rings. The standard InChI is InChI=1S/C10H19N3O4/c1-11-3-4-13(2)10(16)12-8-6-17-5-7(8)9(14)15/h7-8,11H,3-6H2,1-2H3,(H,12,16)(H,14,15). The molecule has 0 aliphatic carbocycles. The number of carbonyl (C=O) groups excluding carboxylic acids is 1. The van der Waals surface area contributed by atoms with Crippen LogP contribution >= 0.6 is 0 Å². The molecule has 0 aromatic heterocycles. The van der Waals surface area contributed by atoms with Crippen LogP contribution in [-0.4, -0.2) is 68.4 Å². The first-order valence-corrected chi connectivity index (χ1v) is 5.53. The summed E-state index contributed by atoms with van der Waals surface area (Å²) >= 11 is 0. The Kier molecular flexibility index (Phi) is 5.17. The van der Waals surface area contributed by atoms with E-state index in [4.69, 9.17) is 9.84 Å². The molecule has 2 amide bonds. The van der Waals surface area contributed by atoms with Gasteiger partial charge in [-0.25, -0.2) is 4.79 Å². The van der Waals surface area contributed by atoms with E-state index in [9.17, 15) is 9.59 Å². The van der Waals surface area contributed by atoms with Crippen LogP contribution in [0.15, 0.2) is 0 Å². The average molecular weight is 245 g/mol. The van der Waals surface area contributed by atoms with Gasteiger partial charge in [-0.15, -0.1) is 0 Å². The Hall–Kier alpha value is -1.34. The number of hydrogen-bond acceptors (Lipinski definition) is 4. The van der Waals surface area contributed by atoms with Crippen molar-refractivity contribution in [1.82, 2.24) is 15.5 Å². The SMILES string of the molecule is CNCCN(C)C(=O)NC1COCC1C(=O)O. The van der Waals surface area contributed by atoms with Gasteiger partial charge in [-0.1, -0.05) is 0 Å². The van der Waals surface area contributed by atoms with E-state index in [0.29, 0.717) is 13.1 Å². The van der Waals surface area contributed by atoms with Crippen LogP contribution in [0.1, 0.15) is 0 Å². The number of urea groups is 1. The minimum atomic E-state index is -0.939. The van der Waals surface area contributed by atoms with E-state index in [1.165, 1.54) is 4.90 Å². The van der Waals surface area contributed by atoms with Crippen LogP contribution in [0.25, 0.3) is 0 Å². The van der Waals surface area contributed by atoms with E-state index >= 15 is 0 Å². The first kappa shape index (κ1) is 13.7. The zero-order valence-corrected chi connectivity index (χ0v) is 10.1. The fraction of sp³-hybridized carbons (Fsp3) is 0.800. The van der Waals surface area contributed by atoms with Crippen LogP contribution in [0, 0.1) is 5.92 Å². The molecule has 1 saturated heterocycles. The number of ether oxygens (including phenoxy) is 1. The number of aliphatic carboxylic acids is 1. The summed E-state index contributed by atoms with van der Waals surface area (Å²) < 4.78 is 5.07. The summed E-state index contributed by atoms with van der Waals surface area (Å²) in [5, 5.41) is 14.5. The van der Waals surface area contributed by atoms with Crippen molar-refractivity contribution in [2.24, 2.45) is 5.92 Å². The second-order valence-electron chi connectivity index (χ2n) is 4.06. The van der Waals surface area contributed by atoms with E-state index in [2.05, 4.69) is 10.6 Å². The van der Waals surface area contributed by atoms with Crippen LogP contribution in [0.5, 0.6) is 0 Å². The number of carboxylic acid groups (broad SMARTS) is 1. The summed E-state index contributed by atoms with van der Waals surface area (Å²) in [5.41, 5.74) is 0. The molecule has 0 saturated carbocycles. The maximum absolute atomic E-state index is 11.7. The number of nitrogens with zero attached hydrogens (tertiary/aromatic N) is 1. The maximum atomic E-state index is 11.7. The van der Waals surface area contributed by atoms with Gasteiger partial charge in [0.05, 0.1) is 19.3 Å². The summed E-state index contributed by atoms with van der Waals surface area (Å²) in [7, 11) is 3.47. The summed E-state index contributed by atoms with van der Waals surface area (Å²) in [6.07, 6.45) is 0. The molecule has 1 rings (SSSR count). The largest absolute Gasteiger partial charge is 0.481 e. The van der Waals surface area contributed by atoms with Gasteiger partial charge in [-0.3, -0.25) is 4.79 Å². The van der Waals surface area contributed by atoms with Gasteiger partial charge in [0.15, 0.2) is 0 Å². The van der Waals surface area contributed by atoms with Gasteiger partial charge in [-0.05, 0) is 7.05 Å². The molecule has 0 radical (unpaired) electrons. The molecule has 0 aromatic rings. The number of carbonyl (C=O) groups is 2. The maximum Gasteiger partial charge on any atom is 0.317 e. The van der Waals surface area contributed by atoms with E-state index in [0.717, 1.165) is 0 Å². The number of likely N-dealkylation sites (N-methyl/N-ethyl adjacent to an activating group) is 2. The summed E-state index contributed by atoms with van der Waals surface area (Å²) in [6, 6.07) is -0.723. The highest BCUT2D eigenvalue weighted by Gasteiger charge is 2.35. The third-order valence-electron chi connectivity index (χ3n) is 2.75. The van der Waals surface area contributed by atoms with Gasteiger partial charge in [0.25, 0.3) is 0 Å². The second-order valence-corrected chi connectivity index (χ2v) is 4.06. The van der Waals surface area contributed by atoms with Crippen LogP contribution in [0.3, 0.4) is 0 Å². The Morgan fingerprint density at radius 2 is 2.18 bits per heavy atom. The third kappa shape index (κ3) is 3.86. The molecule has 2 unspecified atom stereocenters. The van der Waals surface area contributed by atoms with Crippen molar-refractivity contribution in [2.75, 3.05) is 40.4 Å². The molecular formula is C10H19N3O4. The quantitative estimate of drug-likeness (QED) is 0.575. The number of rotatable bonds is 5. The Labute approximate surface area is 100 Å². The number of hydrogen-bond donors (Lipinski definition) is 3. The molecule has 2 atom stereocenters. The molecule has 0 bridgehead atoms. The van der Waals surface area contributed by atoms with Crippen molar-refractivity contribution < 1.29 is 19.4 Å². The summed E-state index contributed by atoms with van der Waals surface area (Å²) in [5.74, 6) is -1.60. The second kappa shape index (κ2) is 6.41. The van der Waals surface area contributed by atoms with Crippen molar-refractivity contribution in [3.05, 3.63) is 0 Å². The van der Waals surface area contributed by atoms with Crippen molar-refractivity contribution in [3.63, 3.8) is 0 Å². The van der Waals surface area contributed by atoms with Crippen molar-refractivity contribution in [1.29, 1.82) is 0 Å². The molecule has 1 heterocycles. The van der Waals surface area contributed by atoms with E-state index in [-0.39, 0.29) is 19.2 Å². The molecule has 17 heavy (non-hydrogen) atoms. The highest BCUT2D eigenvalue weighted by atomic mass is 16.5. The lowest BCUT2D eigenvalue weighted by atomic mass is 10.0. The lowest BCUT2D eigenvalue weighted by Crippen LogP contribution is -2.48. The van der Waals surface area contributed by atoms with Gasteiger partial charge in [0, 0.05) is 20.1 Å². The Bertz CT molecular complexity index is 285. The molecule has 98 valence electrons. The average Bonchev–Trinajstić information content (AvgIpc) is 2.73. The molecule has 1 aliphatic heterocycles. The van der Waals surface area contributed by atoms with Gasteiger partial charge in [0.1, 0.15) is 5.92 Å². The van der Waals surface area contributed by atoms with Crippen molar-refractivity contribution >= 4 is 12.0 Å². The molecule has 7 nitrogen and oxygen atoms in total. The third-order valence-corrected chi connectivity index (χ3v) is 2.75. The minimum Gasteiger partial charge on any atom is -0.481 e. The number of nitrogens with one attached hydrogen (secondary N) is 2. The molecule has 0 spiro atoms. The Morgan fingerprint density at radius 3 is 2.76 bits per heavy atom. The molecular weight excluding hydrogens is 226 g/mol. The monoisotopic (exact) mass is 245 g/mol. The highest BCUT2D eigenvalue weighted by molar-refractivity contribution is 5.77. The molecule has 3 N–H and O–H groups in total. The molecule has 1 fully saturated rings. The fourth-order valence-corrected chi connectivity index (χ4v) is 1.59. The smallest absolute Gasteiger partial charge is 0.317 e. The number of carboxylic acids is 1. The Morgan fingerprint density at radius 1 is 1.47 bits per heavy atom. The molecule has 0 aromatic carbocycles. The summed E-state index contributed by atoms with van der Waals surface area (Å²) in [6.45, 7) is 1.66. The predicted octanol–water partition coefficient (Wildman–Crippen LogP) is -1.05. The zero-order valence-electron chi connectivity index (χ0n) is 10.1. The lowest BCUT2D eigenvalue weighted by molar-refractivity contribution is -0.142. The van der Waals surface area contributed by atoms with Crippen LogP contribution in [-0.2, 0) is 9.53 Å². The van der Waals surface area contributed by atoms with Crippen molar-refractivity contribution in [3.8, 4) is 0 Å². The van der Waals surface area contributed by atoms with E-state index < -0.39 is 17.9 Å².